The van der Waals surface area contributed by atoms with Gasteiger partial charge in [0.1, 0.15) is 11.6 Å². The molecule has 0 radical (unpaired) electrons. The highest BCUT2D eigenvalue weighted by atomic mass is 19.1. The van der Waals surface area contributed by atoms with Crippen molar-refractivity contribution in [3.05, 3.63) is 65.2 Å². The first kappa shape index (κ1) is 13.1. The average molecular weight is 275 g/mol. The minimum atomic E-state index is -1.04. The predicted molar refractivity (Wildman–Crippen MR) is 73.7 cm³/mol. The zero-order chi connectivity index (χ0) is 14.1. The Morgan fingerprint density at radius 3 is 2.80 bits per heavy atom. The molecule has 2 nitrogen and oxygen atoms in total. The number of hydrogen-bond donors (Lipinski definition) is 1. The van der Waals surface area contributed by atoms with Crippen LogP contribution in [-0.2, 0) is 6.42 Å². The second-order valence-electron chi connectivity index (χ2n) is 5.01. The molecule has 0 aromatic heterocycles. The highest BCUT2D eigenvalue weighted by Crippen LogP contribution is 2.29. The van der Waals surface area contributed by atoms with E-state index in [9.17, 15) is 13.9 Å². The molecular weight excluding hydrogens is 260 g/mol. The van der Waals surface area contributed by atoms with Crippen LogP contribution in [0.4, 0.5) is 14.5 Å². The fraction of sp³-hybridized carbons (Fsp3) is 0.250. The van der Waals surface area contributed by atoms with Crippen molar-refractivity contribution in [1.29, 1.82) is 0 Å². The molecule has 0 amide bonds. The summed E-state index contributed by atoms with van der Waals surface area (Å²) >= 11 is 0. The molecule has 2 aromatic rings. The van der Waals surface area contributed by atoms with Gasteiger partial charge in [-0.2, -0.15) is 0 Å². The molecule has 0 fully saturated rings. The number of aliphatic hydroxyl groups excluding tert-OH is 1. The number of hydrogen-bond acceptors (Lipinski definition) is 2. The molecule has 0 aliphatic carbocycles. The van der Waals surface area contributed by atoms with Crippen molar-refractivity contribution in [1.82, 2.24) is 0 Å². The van der Waals surface area contributed by atoms with E-state index in [1.54, 1.807) is 0 Å². The first-order valence-electron chi connectivity index (χ1n) is 6.61. The standard InChI is InChI=1S/C16H15F2NO/c17-12-5-6-14(18)13(9-12)16(20)10-19-8-7-11-3-1-2-4-15(11)19/h1-6,9,16,20H,7-8,10H2. The SMILES string of the molecule is OC(CN1CCc2ccccc21)c1cc(F)ccc1F. The Hall–Kier alpha value is -1.94. The molecule has 104 valence electrons. The van der Waals surface area contributed by atoms with E-state index < -0.39 is 17.7 Å². The molecule has 1 heterocycles. The van der Waals surface area contributed by atoms with E-state index in [1.807, 2.05) is 29.2 Å². The van der Waals surface area contributed by atoms with E-state index in [4.69, 9.17) is 0 Å². The number of β-amino-alcohol motifs (C(OH)–C–C–N with tert-alkyl or cyclic N) is 1. The van der Waals surface area contributed by atoms with Gasteiger partial charge in [-0.05, 0) is 36.2 Å². The Morgan fingerprint density at radius 2 is 1.95 bits per heavy atom. The van der Waals surface area contributed by atoms with Crippen molar-refractivity contribution in [2.75, 3.05) is 18.0 Å². The fourth-order valence-electron chi connectivity index (χ4n) is 2.67. The summed E-state index contributed by atoms with van der Waals surface area (Å²) in [6.45, 7) is 1.05. The van der Waals surface area contributed by atoms with Crippen LogP contribution >= 0.6 is 0 Å². The van der Waals surface area contributed by atoms with Gasteiger partial charge < -0.3 is 10.0 Å². The molecule has 20 heavy (non-hydrogen) atoms. The van der Waals surface area contributed by atoms with E-state index in [2.05, 4.69) is 0 Å². The van der Waals surface area contributed by atoms with Gasteiger partial charge in [0.25, 0.3) is 0 Å². The topological polar surface area (TPSA) is 23.5 Å². The Labute approximate surface area is 116 Å². The maximum atomic E-state index is 13.6. The Balaban J connectivity index is 1.80. The number of nitrogens with zero attached hydrogens (tertiary/aromatic N) is 1. The van der Waals surface area contributed by atoms with Crippen LogP contribution in [0.1, 0.15) is 17.2 Å². The molecular formula is C16H15F2NO. The summed E-state index contributed by atoms with van der Waals surface area (Å²) in [6.07, 6.45) is -0.133. The molecule has 1 unspecified atom stereocenters. The van der Waals surface area contributed by atoms with E-state index in [0.717, 1.165) is 36.9 Å². The summed E-state index contributed by atoms with van der Waals surface area (Å²) in [5.74, 6) is -1.12. The highest BCUT2D eigenvalue weighted by Gasteiger charge is 2.23. The summed E-state index contributed by atoms with van der Waals surface area (Å²) in [5.41, 5.74) is 2.29. The first-order chi connectivity index (χ1) is 9.65. The highest BCUT2D eigenvalue weighted by molar-refractivity contribution is 5.58. The zero-order valence-corrected chi connectivity index (χ0v) is 10.9. The van der Waals surface area contributed by atoms with Gasteiger partial charge in [-0.1, -0.05) is 18.2 Å². The van der Waals surface area contributed by atoms with Crippen LogP contribution in [0.25, 0.3) is 0 Å². The number of rotatable bonds is 3. The Kier molecular flexibility index (Phi) is 3.40. The first-order valence-corrected chi connectivity index (χ1v) is 6.61. The Bertz CT molecular complexity index is 630. The normalized spacial score (nSPS) is 15.2. The lowest BCUT2D eigenvalue weighted by molar-refractivity contribution is 0.178. The van der Waals surface area contributed by atoms with Crippen LogP contribution in [0, 0.1) is 11.6 Å². The van der Waals surface area contributed by atoms with Crippen molar-refractivity contribution in [3.63, 3.8) is 0 Å². The lowest BCUT2D eigenvalue weighted by atomic mass is 10.1. The lowest BCUT2D eigenvalue weighted by Crippen LogP contribution is -2.27. The van der Waals surface area contributed by atoms with Gasteiger partial charge in [0.05, 0.1) is 6.10 Å². The number of aliphatic hydroxyl groups is 1. The van der Waals surface area contributed by atoms with Crippen LogP contribution in [0.3, 0.4) is 0 Å². The van der Waals surface area contributed by atoms with Gasteiger partial charge in [-0.15, -0.1) is 0 Å². The maximum absolute atomic E-state index is 13.6. The minimum Gasteiger partial charge on any atom is -0.386 e. The maximum Gasteiger partial charge on any atom is 0.129 e. The van der Waals surface area contributed by atoms with Gasteiger partial charge >= 0.3 is 0 Å². The van der Waals surface area contributed by atoms with Crippen LogP contribution < -0.4 is 4.90 Å². The molecule has 3 rings (SSSR count). The summed E-state index contributed by atoms with van der Waals surface area (Å²) in [6, 6.07) is 11.1. The van der Waals surface area contributed by atoms with Gasteiger partial charge in [0, 0.05) is 24.3 Å². The summed E-state index contributed by atoms with van der Waals surface area (Å²) in [5, 5.41) is 10.2. The number of benzene rings is 2. The van der Waals surface area contributed by atoms with Crippen molar-refractivity contribution in [2.45, 2.75) is 12.5 Å². The number of halogens is 2. The third-order valence-electron chi connectivity index (χ3n) is 3.69. The smallest absolute Gasteiger partial charge is 0.129 e. The van der Waals surface area contributed by atoms with Crippen molar-refractivity contribution >= 4 is 5.69 Å². The molecule has 1 N–H and O–H groups in total. The molecule has 4 heteroatoms. The summed E-state index contributed by atoms with van der Waals surface area (Å²) in [7, 11) is 0. The predicted octanol–water partition coefficient (Wildman–Crippen LogP) is 3.06. The third-order valence-corrected chi connectivity index (χ3v) is 3.69. The molecule has 0 saturated heterocycles. The van der Waals surface area contributed by atoms with Crippen molar-refractivity contribution in [2.24, 2.45) is 0 Å². The van der Waals surface area contributed by atoms with Crippen LogP contribution in [0.15, 0.2) is 42.5 Å². The van der Waals surface area contributed by atoms with Gasteiger partial charge in [-0.3, -0.25) is 0 Å². The van der Waals surface area contributed by atoms with Crippen LogP contribution in [-0.4, -0.2) is 18.2 Å². The van der Waals surface area contributed by atoms with Gasteiger partial charge in [0.2, 0.25) is 0 Å². The lowest BCUT2D eigenvalue weighted by Gasteiger charge is -2.23. The van der Waals surface area contributed by atoms with Crippen LogP contribution in [0.5, 0.6) is 0 Å². The second kappa shape index (κ2) is 5.21. The number of para-hydroxylation sites is 1. The van der Waals surface area contributed by atoms with E-state index in [-0.39, 0.29) is 12.1 Å². The second-order valence-corrected chi connectivity index (χ2v) is 5.01. The molecule has 1 aliphatic heterocycles. The molecule has 0 spiro atoms. The summed E-state index contributed by atoms with van der Waals surface area (Å²) in [4.78, 5) is 2.00. The monoisotopic (exact) mass is 275 g/mol. The average Bonchev–Trinajstić information content (AvgIpc) is 2.85. The zero-order valence-electron chi connectivity index (χ0n) is 10.9. The molecule has 2 aromatic carbocycles. The summed E-state index contributed by atoms with van der Waals surface area (Å²) < 4.78 is 26.8. The largest absolute Gasteiger partial charge is 0.386 e. The van der Waals surface area contributed by atoms with E-state index in [0.29, 0.717) is 0 Å². The quantitative estimate of drug-likeness (QED) is 0.930. The Morgan fingerprint density at radius 1 is 1.15 bits per heavy atom. The van der Waals surface area contributed by atoms with E-state index in [1.165, 1.54) is 5.56 Å². The van der Waals surface area contributed by atoms with Crippen molar-refractivity contribution in [3.8, 4) is 0 Å². The van der Waals surface area contributed by atoms with E-state index >= 15 is 0 Å². The van der Waals surface area contributed by atoms with Crippen molar-refractivity contribution < 1.29 is 13.9 Å². The molecule has 1 atom stereocenters. The minimum absolute atomic E-state index is 0.00869. The fourth-order valence-corrected chi connectivity index (χ4v) is 2.67. The van der Waals surface area contributed by atoms with Gasteiger partial charge in [-0.25, -0.2) is 8.78 Å². The number of fused-ring (bicyclic) bond motifs is 1. The molecule has 0 bridgehead atoms. The third kappa shape index (κ3) is 2.39. The number of anilines is 1. The van der Waals surface area contributed by atoms with Gasteiger partial charge in [0.15, 0.2) is 0 Å². The van der Waals surface area contributed by atoms with Crippen LogP contribution in [0.2, 0.25) is 0 Å². The molecule has 0 saturated carbocycles. The molecule has 1 aliphatic rings.